The molecule has 0 bridgehead atoms. The lowest BCUT2D eigenvalue weighted by Gasteiger charge is -2.19. The van der Waals surface area contributed by atoms with E-state index in [1.54, 1.807) is 0 Å². The number of hydrogen-bond acceptors (Lipinski definition) is 3. The van der Waals surface area contributed by atoms with E-state index in [4.69, 9.17) is 9.47 Å². The predicted octanol–water partition coefficient (Wildman–Crippen LogP) is 5.12. The fourth-order valence-electron chi connectivity index (χ4n) is 3.23. The molecule has 2 aliphatic rings. The van der Waals surface area contributed by atoms with E-state index in [-0.39, 0.29) is 24.3 Å². The monoisotopic (exact) mass is 332 g/mol. The maximum atomic E-state index is 11.5. The predicted molar refractivity (Wildman–Crippen MR) is 97.7 cm³/mol. The second kappa shape index (κ2) is 8.66. The normalized spacial score (nSPS) is 35.4. The number of allylic oxidation sites excluding steroid dienone is 5. The van der Waals surface area contributed by atoms with Crippen LogP contribution in [-0.2, 0) is 14.3 Å². The highest BCUT2D eigenvalue weighted by molar-refractivity contribution is 5.66. The van der Waals surface area contributed by atoms with Gasteiger partial charge in [-0.05, 0) is 45.4 Å². The summed E-state index contributed by atoms with van der Waals surface area (Å²) in [5.41, 5.74) is 4.13. The lowest BCUT2D eigenvalue weighted by molar-refractivity contribution is -0.147. The second-order valence-corrected chi connectivity index (χ2v) is 7.53. The van der Waals surface area contributed by atoms with Crippen molar-refractivity contribution in [2.75, 3.05) is 0 Å². The number of fused-ring (bicyclic) bond motifs is 1. The van der Waals surface area contributed by atoms with Crippen LogP contribution in [0.25, 0.3) is 0 Å². The van der Waals surface area contributed by atoms with Crippen molar-refractivity contribution in [1.29, 1.82) is 0 Å². The van der Waals surface area contributed by atoms with E-state index >= 15 is 0 Å². The standard InChI is InChI=1S/C21H32O3/c1-14(2)18-11-9-15(3)7-6-8-16(4)10-12-19-21(24-19)20(13-18)23-17(5)22/h8-9,11,14,19-21H,6-7,10,12-13H2,1-5H3/b15-9+,16-8+,18-11+/t19-,20-,21+/m0/s1. The fourth-order valence-corrected chi connectivity index (χ4v) is 3.23. The summed E-state index contributed by atoms with van der Waals surface area (Å²) in [6, 6.07) is 0. The molecule has 0 amide bonds. The Labute approximate surface area is 146 Å². The first kappa shape index (κ1) is 19.0. The van der Waals surface area contributed by atoms with Crippen LogP contribution in [0.2, 0.25) is 0 Å². The number of epoxide rings is 1. The quantitative estimate of drug-likeness (QED) is 0.400. The van der Waals surface area contributed by atoms with E-state index in [9.17, 15) is 4.79 Å². The van der Waals surface area contributed by atoms with Gasteiger partial charge in [-0.1, -0.05) is 48.8 Å². The largest absolute Gasteiger partial charge is 0.459 e. The van der Waals surface area contributed by atoms with E-state index in [1.165, 1.54) is 23.6 Å². The van der Waals surface area contributed by atoms with E-state index in [0.717, 1.165) is 32.1 Å². The molecule has 134 valence electrons. The molecule has 1 aliphatic heterocycles. The van der Waals surface area contributed by atoms with Crippen molar-refractivity contribution < 1.29 is 14.3 Å². The van der Waals surface area contributed by atoms with E-state index in [1.807, 2.05) is 0 Å². The molecule has 0 saturated carbocycles. The summed E-state index contributed by atoms with van der Waals surface area (Å²) in [7, 11) is 0. The molecule has 0 unspecified atom stereocenters. The third-order valence-electron chi connectivity index (χ3n) is 4.92. The van der Waals surface area contributed by atoms with Gasteiger partial charge in [0.15, 0.2) is 0 Å². The third kappa shape index (κ3) is 5.94. The maximum Gasteiger partial charge on any atom is 0.303 e. The Morgan fingerprint density at radius 1 is 1.21 bits per heavy atom. The van der Waals surface area contributed by atoms with Crippen molar-refractivity contribution in [3.63, 3.8) is 0 Å². The molecule has 0 aromatic rings. The number of esters is 1. The Kier molecular flexibility index (Phi) is 6.85. The summed E-state index contributed by atoms with van der Waals surface area (Å²) in [6.45, 7) is 10.3. The van der Waals surface area contributed by atoms with Gasteiger partial charge in [0, 0.05) is 13.3 Å². The van der Waals surface area contributed by atoms with Crippen LogP contribution in [-0.4, -0.2) is 24.3 Å². The van der Waals surface area contributed by atoms with Gasteiger partial charge in [-0.25, -0.2) is 0 Å². The highest BCUT2D eigenvalue weighted by atomic mass is 16.6. The Bertz CT molecular complexity index is 539. The Balaban J connectivity index is 2.22. The van der Waals surface area contributed by atoms with E-state index in [2.05, 4.69) is 45.9 Å². The summed E-state index contributed by atoms with van der Waals surface area (Å²) >= 11 is 0. The van der Waals surface area contributed by atoms with Crippen LogP contribution < -0.4 is 0 Å². The minimum atomic E-state index is -0.221. The second-order valence-electron chi connectivity index (χ2n) is 7.53. The zero-order valence-electron chi connectivity index (χ0n) is 15.8. The number of hydrogen-bond donors (Lipinski definition) is 0. The Morgan fingerprint density at radius 2 is 1.96 bits per heavy atom. The Hall–Kier alpha value is -1.35. The average molecular weight is 332 g/mol. The van der Waals surface area contributed by atoms with Gasteiger partial charge >= 0.3 is 5.97 Å². The molecule has 0 aromatic heterocycles. The summed E-state index contributed by atoms with van der Waals surface area (Å²) in [5, 5.41) is 0. The number of carbonyl (C=O) groups excluding carboxylic acids is 1. The first-order valence-corrected chi connectivity index (χ1v) is 9.21. The molecule has 3 nitrogen and oxygen atoms in total. The number of rotatable bonds is 2. The lowest BCUT2D eigenvalue weighted by atomic mass is 9.93. The number of carbonyl (C=O) groups is 1. The molecular formula is C21H32O3. The molecule has 3 heteroatoms. The van der Waals surface area contributed by atoms with Gasteiger partial charge in [0.25, 0.3) is 0 Å². The van der Waals surface area contributed by atoms with Crippen LogP contribution >= 0.6 is 0 Å². The Morgan fingerprint density at radius 3 is 2.62 bits per heavy atom. The van der Waals surface area contributed by atoms with Gasteiger partial charge in [-0.15, -0.1) is 0 Å². The molecule has 0 spiro atoms. The van der Waals surface area contributed by atoms with Gasteiger partial charge in [0.1, 0.15) is 12.2 Å². The zero-order chi connectivity index (χ0) is 17.7. The van der Waals surface area contributed by atoms with E-state index in [0.29, 0.717) is 5.92 Å². The van der Waals surface area contributed by atoms with Gasteiger partial charge in [0.2, 0.25) is 0 Å². The van der Waals surface area contributed by atoms with Crippen molar-refractivity contribution in [1.82, 2.24) is 0 Å². The lowest BCUT2D eigenvalue weighted by Crippen LogP contribution is -2.25. The van der Waals surface area contributed by atoms with Crippen LogP contribution in [0.3, 0.4) is 0 Å². The molecule has 1 aliphatic carbocycles. The van der Waals surface area contributed by atoms with Gasteiger partial charge in [0.05, 0.1) is 6.10 Å². The molecule has 0 aromatic carbocycles. The first-order chi connectivity index (χ1) is 11.4. The van der Waals surface area contributed by atoms with Crippen LogP contribution in [0.1, 0.15) is 66.7 Å². The van der Waals surface area contributed by atoms with Crippen LogP contribution in [0.15, 0.2) is 34.9 Å². The van der Waals surface area contributed by atoms with Crippen molar-refractivity contribution in [3.8, 4) is 0 Å². The van der Waals surface area contributed by atoms with Gasteiger partial charge in [-0.2, -0.15) is 0 Å². The smallest absolute Gasteiger partial charge is 0.303 e. The summed E-state index contributed by atoms with van der Waals surface area (Å²) in [6.07, 6.45) is 11.9. The topological polar surface area (TPSA) is 38.8 Å². The van der Waals surface area contributed by atoms with Crippen LogP contribution in [0.4, 0.5) is 0 Å². The molecule has 3 atom stereocenters. The van der Waals surface area contributed by atoms with Crippen molar-refractivity contribution >= 4 is 5.97 Å². The van der Waals surface area contributed by atoms with E-state index < -0.39 is 0 Å². The zero-order valence-corrected chi connectivity index (χ0v) is 15.8. The summed E-state index contributed by atoms with van der Waals surface area (Å²) < 4.78 is 11.5. The molecule has 0 radical (unpaired) electrons. The van der Waals surface area contributed by atoms with Crippen molar-refractivity contribution in [2.45, 2.75) is 85.0 Å². The summed E-state index contributed by atoms with van der Waals surface area (Å²) in [4.78, 5) is 11.5. The SMILES string of the molecule is CC(=O)O[C@H]1C/C(C(C)C)=C\C=C(/C)CC/C=C(\C)CC[C@@H]2O[C@@H]12. The molecule has 24 heavy (non-hydrogen) atoms. The molecule has 1 fully saturated rings. The number of ether oxygens (including phenoxy) is 2. The fraction of sp³-hybridized carbons (Fsp3) is 0.667. The van der Waals surface area contributed by atoms with Crippen molar-refractivity contribution in [3.05, 3.63) is 34.9 Å². The van der Waals surface area contributed by atoms with Crippen molar-refractivity contribution in [2.24, 2.45) is 5.92 Å². The van der Waals surface area contributed by atoms with Crippen LogP contribution in [0.5, 0.6) is 0 Å². The highest BCUT2D eigenvalue weighted by Gasteiger charge is 2.46. The highest BCUT2D eigenvalue weighted by Crippen LogP contribution is 2.36. The minimum absolute atomic E-state index is 0.0527. The molecule has 2 rings (SSSR count). The van der Waals surface area contributed by atoms with Gasteiger partial charge < -0.3 is 9.47 Å². The molecule has 1 saturated heterocycles. The summed E-state index contributed by atoms with van der Waals surface area (Å²) in [5.74, 6) is 0.209. The minimum Gasteiger partial charge on any atom is -0.459 e. The average Bonchev–Trinajstić information content (AvgIpc) is 3.26. The van der Waals surface area contributed by atoms with Crippen LogP contribution in [0, 0.1) is 5.92 Å². The third-order valence-corrected chi connectivity index (χ3v) is 4.92. The maximum absolute atomic E-state index is 11.5. The first-order valence-electron chi connectivity index (χ1n) is 9.21. The molecule has 1 heterocycles. The molecular weight excluding hydrogens is 300 g/mol. The van der Waals surface area contributed by atoms with Gasteiger partial charge in [-0.3, -0.25) is 4.79 Å². The molecule has 0 N–H and O–H groups in total.